The van der Waals surface area contributed by atoms with Crippen LogP contribution >= 0.6 is 0 Å². The number of unbranched alkanes of at least 4 members (excludes halogenated alkanes) is 1. The molecule has 1 atom stereocenters. The van der Waals surface area contributed by atoms with Gasteiger partial charge < -0.3 is 9.84 Å². The van der Waals surface area contributed by atoms with Gasteiger partial charge in [-0.3, -0.25) is 0 Å². The zero-order chi connectivity index (χ0) is 12.4. The van der Waals surface area contributed by atoms with Crippen LogP contribution in [0.4, 0.5) is 0 Å². The van der Waals surface area contributed by atoms with Gasteiger partial charge in [-0.25, -0.2) is 0 Å². The molecule has 0 amide bonds. The molecule has 16 heavy (non-hydrogen) atoms. The first kappa shape index (κ1) is 15.9. The molecule has 1 N–H and O–H groups in total. The third-order valence-corrected chi connectivity index (χ3v) is 3.07. The molecule has 0 radical (unpaired) electrons. The lowest BCUT2D eigenvalue weighted by molar-refractivity contribution is 0.0252. The molecule has 0 fully saturated rings. The van der Waals surface area contributed by atoms with Gasteiger partial charge in [-0.05, 0) is 32.6 Å². The summed E-state index contributed by atoms with van der Waals surface area (Å²) in [7, 11) is 0. The van der Waals surface area contributed by atoms with E-state index in [1.807, 2.05) is 13.8 Å². The van der Waals surface area contributed by atoms with Gasteiger partial charge in [0.2, 0.25) is 0 Å². The highest BCUT2D eigenvalue weighted by molar-refractivity contribution is 4.63. The summed E-state index contributed by atoms with van der Waals surface area (Å²) in [6, 6.07) is 0. The molecule has 0 saturated carbocycles. The second-order valence-electron chi connectivity index (χ2n) is 5.38. The molecule has 0 rings (SSSR count). The van der Waals surface area contributed by atoms with Crippen molar-refractivity contribution in [1.29, 1.82) is 0 Å². The number of hydrogen-bond acceptors (Lipinski definition) is 2. The summed E-state index contributed by atoms with van der Waals surface area (Å²) in [5.74, 6) is 0.821. The van der Waals surface area contributed by atoms with Crippen molar-refractivity contribution < 1.29 is 9.84 Å². The molecular weight excluding hydrogens is 200 g/mol. The Kier molecular flexibility index (Phi) is 8.96. The molecule has 0 saturated heterocycles. The maximum atomic E-state index is 9.51. The van der Waals surface area contributed by atoms with Crippen LogP contribution in [-0.4, -0.2) is 23.9 Å². The van der Waals surface area contributed by atoms with E-state index in [9.17, 15) is 5.11 Å². The average molecular weight is 230 g/mol. The minimum Gasteiger partial charge on any atom is -0.390 e. The largest absolute Gasteiger partial charge is 0.390 e. The highest BCUT2D eigenvalue weighted by Crippen LogP contribution is 2.16. The van der Waals surface area contributed by atoms with Crippen LogP contribution in [0, 0.1) is 5.92 Å². The average Bonchev–Trinajstić information content (AvgIpc) is 2.20. The van der Waals surface area contributed by atoms with Crippen LogP contribution in [0.3, 0.4) is 0 Å². The van der Waals surface area contributed by atoms with Gasteiger partial charge in [0.15, 0.2) is 0 Å². The Morgan fingerprint density at radius 1 is 1.12 bits per heavy atom. The minimum atomic E-state index is -0.591. The zero-order valence-corrected chi connectivity index (χ0v) is 11.6. The van der Waals surface area contributed by atoms with Crippen molar-refractivity contribution in [3.8, 4) is 0 Å². The summed E-state index contributed by atoms with van der Waals surface area (Å²) in [5, 5.41) is 9.51. The predicted octanol–water partition coefficient (Wildman–Crippen LogP) is 3.77. The van der Waals surface area contributed by atoms with Crippen LogP contribution in [0.15, 0.2) is 0 Å². The fourth-order valence-corrected chi connectivity index (χ4v) is 1.72. The standard InChI is InChI=1S/C14H30O2/c1-5-7-8-13(6-2)9-11-16-12-10-14(3,4)15/h13,15H,5-12H2,1-4H3. The van der Waals surface area contributed by atoms with E-state index in [1.54, 1.807) is 0 Å². The highest BCUT2D eigenvalue weighted by atomic mass is 16.5. The molecule has 1 unspecified atom stereocenters. The summed E-state index contributed by atoms with van der Waals surface area (Å²) in [5.41, 5.74) is -0.591. The van der Waals surface area contributed by atoms with E-state index in [1.165, 1.54) is 32.1 Å². The third-order valence-electron chi connectivity index (χ3n) is 3.07. The predicted molar refractivity (Wildman–Crippen MR) is 69.7 cm³/mol. The van der Waals surface area contributed by atoms with Crippen LogP contribution in [0.5, 0.6) is 0 Å². The maximum absolute atomic E-state index is 9.51. The lowest BCUT2D eigenvalue weighted by Crippen LogP contribution is -2.21. The Labute approximate surface area is 101 Å². The summed E-state index contributed by atoms with van der Waals surface area (Å²) in [6.45, 7) is 9.68. The van der Waals surface area contributed by atoms with E-state index in [2.05, 4.69) is 13.8 Å². The van der Waals surface area contributed by atoms with E-state index in [4.69, 9.17) is 4.74 Å². The van der Waals surface area contributed by atoms with Crippen molar-refractivity contribution in [3.05, 3.63) is 0 Å². The van der Waals surface area contributed by atoms with E-state index >= 15 is 0 Å². The molecule has 0 aromatic heterocycles. The molecule has 2 heteroatoms. The Morgan fingerprint density at radius 2 is 1.81 bits per heavy atom. The van der Waals surface area contributed by atoms with Gasteiger partial charge >= 0.3 is 0 Å². The van der Waals surface area contributed by atoms with Crippen LogP contribution < -0.4 is 0 Å². The molecule has 0 aromatic rings. The molecule has 0 aromatic carbocycles. The maximum Gasteiger partial charge on any atom is 0.0613 e. The summed E-state index contributed by atoms with van der Waals surface area (Å²) in [4.78, 5) is 0. The molecule has 0 aliphatic carbocycles. The molecular formula is C14H30O2. The second kappa shape index (κ2) is 9.00. The van der Waals surface area contributed by atoms with E-state index in [0.29, 0.717) is 6.61 Å². The lowest BCUT2D eigenvalue weighted by atomic mass is 9.96. The Balaban J connectivity index is 3.41. The smallest absolute Gasteiger partial charge is 0.0613 e. The normalized spacial score (nSPS) is 14.1. The van der Waals surface area contributed by atoms with Crippen molar-refractivity contribution in [2.75, 3.05) is 13.2 Å². The summed E-state index contributed by atoms with van der Waals surface area (Å²) >= 11 is 0. The molecule has 0 heterocycles. The Hall–Kier alpha value is -0.0800. The van der Waals surface area contributed by atoms with Crippen molar-refractivity contribution in [3.63, 3.8) is 0 Å². The van der Waals surface area contributed by atoms with E-state index in [0.717, 1.165) is 18.9 Å². The molecule has 98 valence electrons. The molecule has 0 spiro atoms. The van der Waals surface area contributed by atoms with Gasteiger partial charge in [-0.15, -0.1) is 0 Å². The first-order valence-electron chi connectivity index (χ1n) is 6.79. The molecule has 2 nitrogen and oxygen atoms in total. The SMILES string of the molecule is CCCCC(CC)CCOCCC(C)(C)O. The number of aliphatic hydroxyl groups is 1. The fraction of sp³-hybridized carbons (Fsp3) is 1.00. The van der Waals surface area contributed by atoms with Crippen LogP contribution in [0.1, 0.15) is 66.2 Å². The topological polar surface area (TPSA) is 29.5 Å². The minimum absolute atomic E-state index is 0.591. The molecule has 0 aliphatic rings. The number of hydrogen-bond donors (Lipinski definition) is 1. The fourth-order valence-electron chi connectivity index (χ4n) is 1.72. The first-order valence-corrected chi connectivity index (χ1v) is 6.79. The monoisotopic (exact) mass is 230 g/mol. The number of rotatable bonds is 10. The first-order chi connectivity index (χ1) is 7.49. The van der Waals surface area contributed by atoms with Crippen LogP contribution in [-0.2, 0) is 4.74 Å². The molecule has 0 aliphatic heterocycles. The summed E-state index contributed by atoms with van der Waals surface area (Å²) < 4.78 is 5.56. The van der Waals surface area contributed by atoms with Crippen molar-refractivity contribution in [2.45, 2.75) is 71.8 Å². The number of ether oxygens (including phenoxy) is 1. The van der Waals surface area contributed by atoms with E-state index < -0.39 is 5.60 Å². The van der Waals surface area contributed by atoms with E-state index in [-0.39, 0.29) is 0 Å². The third kappa shape index (κ3) is 10.4. The molecule has 0 bridgehead atoms. The van der Waals surface area contributed by atoms with Crippen LogP contribution in [0.2, 0.25) is 0 Å². The van der Waals surface area contributed by atoms with Crippen molar-refractivity contribution in [1.82, 2.24) is 0 Å². The van der Waals surface area contributed by atoms with Crippen molar-refractivity contribution >= 4 is 0 Å². The highest BCUT2D eigenvalue weighted by Gasteiger charge is 2.12. The summed E-state index contributed by atoms with van der Waals surface area (Å²) in [6.07, 6.45) is 7.11. The van der Waals surface area contributed by atoms with Gasteiger partial charge in [0.1, 0.15) is 0 Å². The van der Waals surface area contributed by atoms with Gasteiger partial charge in [0.25, 0.3) is 0 Å². The Morgan fingerprint density at radius 3 is 2.31 bits per heavy atom. The second-order valence-corrected chi connectivity index (χ2v) is 5.38. The van der Waals surface area contributed by atoms with Gasteiger partial charge in [0, 0.05) is 13.2 Å². The van der Waals surface area contributed by atoms with Gasteiger partial charge in [-0.2, -0.15) is 0 Å². The quantitative estimate of drug-likeness (QED) is 0.579. The lowest BCUT2D eigenvalue weighted by Gasteiger charge is -2.18. The van der Waals surface area contributed by atoms with Gasteiger partial charge in [-0.1, -0.05) is 39.5 Å². The van der Waals surface area contributed by atoms with Crippen molar-refractivity contribution in [2.24, 2.45) is 5.92 Å². The van der Waals surface area contributed by atoms with Crippen LogP contribution in [0.25, 0.3) is 0 Å². The van der Waals surface area contributed by atoms with Gasteiger partial charge in [0.05, 0.1) is 5.60 Å². The Bertz CT molecular complexity index is 149. The zero-order valence-electron chi connectivity index (χ0n) is 11.6.